The standard InChI is InChI=1S/C12H19N3O3/c1-9-7-15(4-5-18-9)8-10-6-11(16)14(3)12(17)13(10)2/h6,9H,4-5,7-8H2,1-3H3. The van der Waals surface area contributed by atoms with Crippen LogP contribution in [0.1, 0.15) is 12.6 Å². The molecule has 100 valence electrons. The summed E-state index contributed by atoms with van der Waals surface area (Å²) in [5, 5.41) is 0. The molecule has 0 aliphatic carbocycles. The lowest BCUT2D eigenvalue weighted by molar-refractivity contribution is -0.0219. The lowest BCUT2D eigenvalue weighted by atomic mass is 10.2. The summed E-state index contributed by atoms with van der Waals surface area (Å²) in [7, 11) is 3.19. The van der Waals surface area contributed by atoms with Gasteiger partial charge >= 0.3 is 5.69 Å². The predicted octanol–water partition coefficient (Wildman–Crippen LogP) is -0.695. The smallest absolute Gasteiger partial charge is 0.330 e. The van der Waals surface area contributed by atoms with Crippen LogP contribution in [0.3, 0.4) is 0 Å². The Morgan fingerprint density at radius 1 is 1.33 bits per heavy atom. The zero-order chi connectivity index (χ0) is 13.3. The van der Waals surface area contributed by atoms with Gasteiger partial charge in [0.2, 0.25) is 0 Å². The molecule has 1 aliphatic heterocycles. The van der Waals surface area contributed by atoms with E-state index in [0.29, 0.717) is 13.2 Å². The van der Waals surface area contributed by atoms with E-state index in [4.69, 9.17) is 4.74 Å². The fourth-order valence-electron chi connectivity index (χ4n) is 2.19. The Labute approximate surface area is 105 Å². The van der Waals surface area contributed by atoms with Gasteiger partial charge in [-0.15, -0.1) is 0 Å². The highest BCUT2D eigenvalue weighted by Crippen LogP contribution is 2.07. The molecule has 1 aromatic rings. The van der Waals surface area contributed by atoms with E-state index in [-0.39, 0.29) is 17.4 Å². The highest BCUT2D eigenvalue weighted by Gasteiger charge is 2.18. The van der Waals surface area contributed by atoms with E-state index in [1.807, 2.05) is 6.92 Å². The van der Waals surface area contributed by atoms with Crippen LogP contribution in [-0.2, 0) is 25.4 Å². The van der Waals surface area contributed by atoms with Crippen molar-refractivity contribution in [2.45, 2.75) is 19.6 Å². The van der Waals surface area contributed by atoms with Crippen LogP contribution in [0.2, 0.25) is 0 Å². The summed E-state index contributed by atoms with van der Waals surface area (Å²) in [6.45, 7) is 4.97. The van der Waals surface area contributed by atoms with Crippen LogP contribution in [0.4, 0.5) is 0 Å². The first-order valence-corrected chi connectivity index (χ1v) is 6.09. The molecular weight excluding hydrogens is 234 g/mol. The zero-order valence-electron chi connectivity index (χ0n) is 11.0. The van der Waals surface area contributed by atoms with Crippen molar-refractivity contribution < 1.29 is 4.74 Å². The van der Waals surface area contributed by atoms with Gasteiger partial charge in [0.05, 0.1) is 12.7 Å². The van der Waals surface area contributed by atoms with Crippen molar-refractivity contribution in [1.82, 2.24) is 14.0 Å². The van der Waals surface area contributed by atoms with Crippen molar-refractivity contribution in [3.05, 3.63) is 32.6 Å². The van der Waals surface area contributed by atoms with Crippen LogP contribution in [0.15, 0.2) is 15.7 Å². The third kappa shape index (κ3) is 2.54. The van der Waals surface area contributed by atoms with E-state index < -0.39 is 0 Å². The fraction of sp³-hybridized carbons (Fsp3) is 0.667. The van der Waals surface area contributed by atoms with Gasteiger partial charge in [-0.3, -0.25) is 18.8 Å². The van der Waals surface area contributed by atoms with Crippen molar-refractivity contribution in [3.63, 3.8) is 0 Å². The summed E-state index contributed by atoms with van der Waals surface area (Å²) in [6.07, 6.45) is 0.197. The van der Waals surface area contributed by atoms with Gasteiger partial charge in [0.25, 0.3) is 5.56 Å². The van der Waals surface area contributed by atoms with Crippen molar-refractivity contribution >= 4 is 0 Å². The molecule has 1 unspecified atom stereocenters. The average molecular weight is 253 g/mol. The minimum atomic E-state index is -0.279. The molecule has 18 heavy (non-hydrogen) atoms. The molecule has 0 aromatic carbocycles. The first kappa shape index (κ1) is 13.0. The van der Waals surface area contributed by atoms with Crippen molar-refractivity contribution in [3.8, 4) is 0 Å². The Kier molecular flexibility index (Phi) is 3.68. The molecule has 0 radical (unpaired) electrons. The summed E-state index contributed by atoms with van der Waals surface area (Å²) < 4.78 is 8.11. The minimum Gasteiger partial charge on any atom is -0.376 e. The molecule has 6 nitrogen and oxygen atoms in total. The molecule has 1 atom stereocenters. The van der Waals surface area contributed by atoms with Gasteiger partial charge < -0.3 is 4.74 Å². The van der Waals surface area contributed by atoms with Gasteiger partial charge in [-0.25, -0.2) is 4.79 Å². The number of nitrogens with zero attached hydrogens (tertiary/aromatic N) is 3. The molecule has 0 N–H and O–H groups in total. The number of aromatic nitrogens is 2. The molecular formula is C12H19N3O3. The molecule has 1 aliphatic rings. The van der Waals surface area contributed by atoms with Crippen molar-refractivity contribution in [2.75, 3.05) is 19.7 Å². The van der Waals surface area contributed by atoms with Gasteiger partial charge in [0.1, 0.15) is 0 Å². The van der Waals surface area contributed by atoms with Gasteiger partial charge in [0.15, 0.2) is 0 Å². The zero-order valence-corrected chi connectivity index (χ0v) is 11.0. The summed E-state index contributed by atoms with van der Waals surface area (Å²) in [6, 6.07) is 1.53. The Bertz CT molecular complexity index is 546. The number of hydrogen-bond acceptors (Lipinski definition) is 4. The highest BCUT2D eigenvalue weighted by atomic mass is 16.5. The molecule has 1 aromatic heterocycles. The van der Waals surface area contributed by atoms with Crippen LogP contribution in [-0.4, -0.2) is 39.8 Å². The van der Waals surface area contributed by atoms with E-state index in [1.165, 1.54) is 17.7 Å². The van der Waals surface area contributed by atoms with Crippen LogP contribution in [0.25, 0.3) is 0 Å². The van der Waals surface area contributed by atoms with Crippen LogP contribution < -0.4 is 11.2 Å². The van der Waals surface area contributed by atoms with E-state index in [0.717, 1.165) is 23.4 Å². The lowest BCUT2D eigenvalue weighted by Gasteiger charge is -2.31. The Hall–Kier alpha value is -1.40. The molecule has 0 spiro atoms. The molecule has 1 fully saturated rings. The summed E-state index contributed by atoms with van der Waals surface area (Å²) in [5.41, 5.74) is 0.213. The molecule has 0 saturated carbocycles. The largest absolute Gasteiger partial charge is 0.376 e. The first-order valence-electron chi connectivity index (χ1n) is 6.09. The third-order valence-corrected chi connectivity index (χ3v) is 3.34. The van der Waals surface area contributed by atoms with Crippen LogP contribution >= 0.6 is 0 Å². The van der Waals surface area contributed by atoms with Crippen molar-refractivity contribution in [2.24, 2.45) is 14.1 Å². The Morgan fingerprint density at radius 3 is 2.72 bits per heavy atom. The number of morpholine rings is 1. The van der Waals surface area contributed by atoms with Gasteiger partial charge in [-0.1, -0.05) is 0 Å². The van der Waals surface area contributed by atoms with Crippen LogP contribution in [0, 0.1) is 0 Å². The first-order chi connectivity index (χ1) is 8.49. The molecule has 2 heterocycles. The quantitative estimate of drug-likeness (QED) is 0.700. The molecule has 1 saturated heterocycles. The number of rotatable bonds is 2. The second-order valence-corrected chi connectivity index (χ2v) is 4.79. The molecule has 6 heteroatoms. The molecule has 2 rings (SSSR count). The van der Waals surface area contributed by atoms with E-state index in [9.17, 15) is 9.59 Å². The Morgan fingerprint density at radius 2 is 2.06 bits per heavy atom. The maximum Gasteiger partial charge on any atom is 0.330 e. The SMILES string of the molecule is CC1CN(Cc2cc(=O)n(C)c(=O)n2C)CCO1. The number of hydrogen-bond donors (Lipinski definition) is 0. The van der Waals surface area contributed by atoms with Gasteiger partial charge in [-0.05, 0) is 6.92 Å². The average Bonchev–Trinajstić information content (AvgIpc) is 2.33. The normalized spacial score (nSPS) is 21.2. The summed E-state index contributed by atoms with van der Waals surface area (Å²) in [5.74, 6) is 0. The molecule has 0 bridgehead atoms. The maximum atomic E-state index is 11.8. The fourth-order valence-corrected chi connectivity index (χ4v) is 2.19. The van der Waals surface area contributed by atoms with Gasteiger partial charge in [-0.2, -0.15) is 0 Å². The topological polar surface area (TPSA) is 56.5 Å². The van der Waals surface area contributed by atoms with E-state index in [1.54, 1.807) is 7.05 Å². The second-order valence-electron chi connectivity index (χ2n) is 4.79. The van der Waals surface area contributed by atoms with E-state index in [2.05, 4.69) is 4.90 Å². The minimum absolute atomic E-state index is 0.197. The number of ether oxygens (including phenoxy) is 1. The Balaban J connectivity index is 2.24. The second kappa shape index (κ2) is 5.07. The maximum absolute atomic E-state index is 11.8. The monoisotopic (exact) mass is 253 g/mol. The predicted molar refractivity (Wildman–Crippen MR) is 67.6 cm³/mol. The van der Waals surface area contributed by atoms with Gasteiger partial charge in [0, 0.05) is 45.5 Å². The van der Waals surface area contributed by atoms with E-state index >= 15 is 0 Å². The third-order valence-electron chi connectivity index (χ3n) is 3.34. The van der Waals surface area contributed by atoms with Crippen molar-refractivity contribution in [1.29, 1.82) is 0 Å². The summed E-state index contributed by atoms with van der Waals surface area (Å²) >= 11 is 0. The lowest BCUT2D eigenvalue weighted by Crippen LogP contribution is -2.43. The summed E-state index contributed by atoms with van der Waals surface area (Å²) in [4.78, 5) is 25.6. The molecule has 0 amide bonds. The van der Waals surface area contributed by atoms with Crippen LogP contribution in [0.5, 0.6) is 0 Å². The highest BCUT2D eigenvalue weighted by molar-refractivity contribution is 5.02.